The van der Waals surface area contributed by atoms with E-state index in [4.69, 9.17) is 9.79 Å². The third-order valence-electron chi connectivity index (χ3n) is 4.42. The third kappa shape index (κ3) is 5.42. The Hall–Kier alpha value is -2.91. The molecule has 2 aromatic carbocycles. The molecule has 1 aromatic heterocycles. The molecule has 3 aromatic rings. The molecule has 31 heavy (non-hydrogen) atoms. The van der Waals surface area contributed by atoms with Gasteiger partial charge in [0.1, 0.15) is 4.88 Å². The quantitative estimate of drug-likeness (QED) is 0.428. The lowest BCUT2D eigenvalue weighted by atomic mass is 10.1. The maximum atomic E-state index is 13.5. The Bertz CT molecular complexity index is 1160. The minimum absolute atomic E-state index is 0.0337. The molecule has 0 amide bonds. The number of aryl methyl sites for hydroxylation is 2. The minimum Gasteiger partial charge on any atom is -0.477 e. The number of nitrogens with one attached hydrogen (secondary N) is 1. The minimum atomic E-state index is -3.54. The zero-order valence-electron chi connectivity index (χ0n) is 18.1. The first-order valence-corrected chi connectivity index (χ1v) is 12.1. The number of thiophene rings is 1. The number of aromatic carboxylic acids is 1. The van der Waals surface area contributed by atoms with Crippen LogP contribution in [0.5, 0.6) is 0 Å². The average Bonchev–Trinajstić information content (AvgIpc) is 3.18. The van der Waals surface area contributed by atoms with Crippen LogP contribution in [0.25, 0.3) is 10.4 Å². The molecule has 2 N–H and O–H groups in total. The first-order chi connectivity index (χ1) is 14.8. The van der Waals surface area contributed by atoms with E-state index in [-0.39, 0.29) is 10.6 Å². The number of carboxylic acids is 1. The van der Waals surface area contributed by atoms with E-state index in [1.165, 1.54) is 7.11 Å². The summed E-state index contributed by atoms with van der Waals surface area (Å²) in [5.41, 5.74) is 3.33. The predicted molar refractivity (Wildman–Crippen MR) is 127 cm³/mol. The number of hydrogen-bond acceptors (Lipinski definition) is 5. The predicted octanol–water partition coefficient (Wildman–Crippen LogP) is 6.20. The molecule has 0 radical (unpaired) electrons. The van der Waals surface area contributed by atoms with Crippen LogP contribution in [0.3, 0.4) is 0 Å². The number of carbonyl (C=O) groups is 1. The van der Waals surface area contributed by atoms with Gasteiger partial charge in [-0.3, -0.25) is 4.57 Å². The van der Waals surface area contributed by atoms with Crippen LogP contribution >= 0.6 is 18.9 Å². The number of nitriles is 1. The van der Waals surface area contributed by atoms with Crippen LogP contribution in [0, 0.1) is 25.2 Å². The van der Waals surface area contributed by atoms with Gasteiger partial charge in [0.05, 0.1) is 22.6 Å². The molecule has 0 bridgehead atoms. The van der Waals surface area contributed by atoms with E-state index < -0.39 is 13.5 Å². The van der Waals surface area contributed by atoms with E-state index in [2.05, 4.69) is 11.2 Å². The van der Waals surface area contributed by atoms with Crippen LogP contribution < -0.4 is 10.4 Å². The van der Waals surface area contributed by atoms with Crippen LogP contribution in [-0.4, -0.2) is 18.2 Å². The lowest BCUT2D eigenvalue weighted by Gasteiger charge is -2.20. The van der Waals surface area contributed by atoms with Gasteiger partial charge in [-0.2, -0.15) is 5.26 Å². The Kier molecular flexibility index (Phi) is 8.18. The van der Waals surface area contributed by atoms with Crippen molar-refractivity contribution in [3.63, 3.8) is 0 Å². The highest BCUT2D eigenvalue weighted by Crippen LogP contribution is 2.48. The van der Waals surface area contributed by atoms with Crippen molar-refractivity contribution in [1.29, 1.82) is 5.26 Å². The maximum Gasteiger partial charge on any atom is 0.348 e. The SMILES string of the molecule is CC.COP(=O)(Nc1cc(-c2ccc(C#N)cc2)sc1C(=O)O)c1ccc(C)cc1C. The zero-order chi connectivity index (χ0) is 23.2. The Morgan fingerprint density at radius 3 is 2.29 bits per heavy atom. The lowest BCUT2D eigenvalue weighted by Crippen LogP contribution is -2.17. The molecule has 1 heterocycles. The Labute approximate surface area is 186 Å². The number of nitrogens with zero attached hydrogens (tertiary/aromatic N) is 1. The molecule has 0 saturated carbocycles. The molecule has 1 atom stereocenters. The van der Waals surface area contributed by atoms with Crippen molar-refractivity contribution in [3.05, 3.63) is 70.1 Å². The molecule has 0 saturated heterocycles. The zero-order valence-corrected chi connectivity index (χ0v) is 19.8. The molecule has 0 aliphatic heterocycles. The van der Waals surface area contributed by atoms with Crippen LogP contribution in [0.4, 0.5) is 5.69 Å². The summed E-state index contributed by atoms with van der Waals surface area (Å²) in [6, 6.07) is 16.0. The number of carboxylic acid groups (broad SMARTS) is 1. The Morgan fingerprint density at radius 2 is 1.77 bits per heavy atom. The van der Waals surface area contributed by atoms with Gasteiger partial charge in [-0.15, -0.1) is 11.3 Å². The number of rotatable bonds is 6. The summed E-state index contributed by atoms with van der Waals surface area (Å²) in [4.78, 5) is 12.5. The maximum absolute atomic E-state index is 13.5. The first kappa shape index (κ1) is 24.4. The highest BCUT2D eigenvalue weighted by atomic mass is 32.1. The van der Waals surface area contributed by atoms with Gasteiger partial charge in [0.2, 0.25) is 0 Å². The second-order valence-corrected chi connectivity index (χ2v) is 9.71. The standard InChI is InChI=1S/C21H19N2O4PS.C2H6/c1-13-4-9-18(14(2)10-13)28(26,27-3)23-17-11-19(29-20(17)21(24)25)16-7-5-15(12-22)6-8-16;1-2/h4-11H,1-3H3,(H,23,26)(H,24,25);1-2H3. The highest BCUT2D eigenvalue weighted by Gasteiger charge is 2.30. The van der Waals surface area contributed by atoms with E-state index >= 15 is 0 Å². The third-order valence-corrected chi connectivity index (χ3v) is 7.78. The largest absolute Gasteiger partial charge is 0.477 e. The summed E-state index contributed by atoms with van der Waals surface area (Å²) in [6.07, 6.45) is 0. The van der Waals surface area contributed by atoms with Crippen LogP contribution in [0.2, 0.25) is 0 Å². The van der Waals surface area contributed by atoms with Gasteiger partial charge in [-0.05, 0) is 49.2 Å². The Morgan fingerprint density at radius 1 is 1.13 bits per heavy atom. The van der Waals surface area contributed by atoms with Crippen molar-refractivity contribution in [2.45, 2.75) is 27.7 Å². The van der Waals surface area contributed by atoms with Gasteiger partial charge in [-0.1, -0.05) is 43.7 Å². The van der Waals surface area contributed by atoms with E-state index in [1.54, 1.807) is 36.4 Å². The fourth-order valence-corrected chi connectivity index (χ4v) is 5.72. The molecule has 0 spiro atoms. The number of benzene rings is 2. The van der Waals surface area contributed by atoms with Crippen molar-refractivity contribution in [1.82, 2.24) is 0 Å². The van der Waals surface area contributed by atoms with Gasteiger partial charge in [0.15, 0.2) is 0 Å². The average molecular weight is 457 g/mol. The summed E-state index contributed by atoms with van der Waals surface area (Å²) in [5, 5.41) is 21.9. The molecule has 3 rings (SSSR count). The lowest BCUT2D eigenvalue weighted by molar-refractivity contribution is 0.0703. The molecular weight excluding hydrogens is 431 g/mol. The van der Waals surface area contributed by atoms with Gasteiger partial charge < -0.3 is 14.7 Å². The van der Waals surface area contributed by atoms with Crippen molar-refractivity contribution >= 4 is 35.8 Å². The number of anilines is 1. The van der Waals surface area contributed by atoms with Crippen LogP contribution in [-0.2, 0) is 9.09 Å². The Balaban J connectivity index is 0.00000166. The fraction of sp³-hybridized carbons (Fsp3) is 0.217. The molecular formula is C23H25N2O4PS. The molecule has 162 valence electrons. The summed E-state index contributed by atoms with van der Waals surface area (Å²) < 4.78 is 18.9. The second-order valence-electron chi connectivity index (χ2n) is 6.48. The summed E-state index contributed by atoms with van der Waals surface area (Å²) >= 11 is 1.07. The van der Waals surface area contributed by atoms with Crippen molar-refractivity contribution in [2.24, 2.45) is 0 Å². The van der Waals surface area contributed by atoms with Crippen molar-refractivity contribution in [2.75, 3.05) is 12.2 Å². The normalized spacial score (nSPS) is 12.1. The topological polar surface area (TPSA) is 99.4 Å². The van der Waals surface area contributed by atoms with Gasteiger partial charge >= 0.3 is 13.5 Å². The van der Waals surface area contributed by atoms with E-state index in [0.29, 0.717) is 15.7 Å². The smallest absolute Gasteiger partial charge is 0.348 e. The summed E-state index contributed by atoms with van der Waals surface area (Å²) in [5.74, 6) is -1.12. The molecule has 6 nitrogen and oxygen atoms in total. The monoisotopic (exact) mass is 456 g/mol. The van der Waals surface area contributed by atoms with Crippen molar-refractivity contribution in [3.8, 4) is 16.5 Å². The molecule has 0 aliphatic rings. The first-order valence-electron chi connectivity index (χ1n) is 9.67. The molecule has 8 heteroatoms. The molecule has 0 fully saturated rings. The van der Waals surface area contributed by atoms with Crippen LogP contribution in [0.1, 0.15) is 40.2 Å². The highest BCUT2D eigenvalue weighted by molar-refractivity contribution is 7.68. The van der Waals surface area contributed by atoms with Gasteiger partial charge in [-0.25, -0.2) is 4.79 Å². The summed E-state index contributed by atoms with van der Waals surface area (Å²) in [6.45, 7) is 7.77. The van der Waals surface area contributed by atoms with Crippen LogP contribution in [0.15, 0.2) is 48.5 Å². The molecule has 1 unspecified atom stereocenters. The van der Waals surface area contributed by atoms with E-state index in [9.17, 15) is 14.5 Å². The van der Waals surface area contributed by atoms with E-state index in [0.717, 1.165) is 28.0 Å². The van der Waals surface area contributed by atoms with Crippen molar-refractivity contribution < 1.29 is 19.0 Å². The summed E-state index contributed by atoms with van der Waals surface area (Å²) in [7, 11) is -2.20. The second kappa shape index (κ2) is 10.4. The number of hydrogen-bond donors (Lipinski definition) is 2. The van der Waals surface area contributed by atoms with Gasteiger partial charge in [0, 0.05) is 12.0 Å². The van der Waals surface area contributed by atoms with E-state index in [1.807, 2.05) is 39.8 Å². The molecule has 0 aliphatic carbocycles. The fourth-order valence-electron chi connectivity index (χ4n) is 2.98. The van der Waals surface area contributed by atoms with Gasteiger partial charge in [0.25, 0.3) is 0 Å².